The molecular formula is C30H24Cl2N2O. The Kier molecular flexibility index (Phi) is 6.89. The number of carbonyl (C=O) groups is 1. The van der Waals surface area contributed by atoms with Gasteiger partial charge >= 0.3 is 0 Å². The molecule has 0 spiro atoms. The first kappa shape index (κ1) is 23.2. The number of halogens is 2. The van der Waals surface area contributed by atoms with Crippen molar-refractivity contribution in [3.63, 3.8) is 0 Å². The fourth-order valence-corrected chi connectivity index (χ4v) is 4.88. The number of para-hydroxylation sites is 1. The van der Waals surface area contributed by atoms with E-state index < -0.39 is 0 Å². The Balaban J connectivity index is 1.50. The zero-order valence-corrected chi connectivity index (χ0v) is 20.4. The van der Waals surface area contributed by atoms with Crippen molar-refractivity contribution in [3.8, 4) is 0 Å². The summed E-state index contributed by atoms with van der Waals surface area (Å²) in [4.78, 5) is 16.9. The number of fused-ring (bicyclic) bond motifs is 1. The number of H-pyrrole nitrogens is 1. The Morgan fingerprint density at radius 2 is 1.37 bits per heavy atom. The van der Waals surface area contributed by atoms with E-state index in [1.807, 2.05) is 97.2 Å². The van der Waals surface area contributed by atoms with Gasteiger partial charge in [0.25, 0.3) is 0 Å². The molecule has 0 aliphatic carbocycles. The van der Waals surface area contributed by atoms with Crippen LogP contribution in [-0.4, -0.2) is 10.9 Å². The fraction of sp³-hybridized carbons (Fsp3) is 0.100. The van der Waals surface area contributed by atoms with E-state index in [1.165, 1.54) is 0 Å². The average molecular weight is 499 g/mol. The van der Waals surface area contributed by atoms with Crippen molar-refractivity contribution >= 4 is 40.0 Å². The van der Waals surface area contributed by atoms with Crippen molar-refractivity contribution in [3.05, 3.63) is 142 Å². The van der Waals surface area contributed by atoms with Gasteiger partial charge in [0.2, 0.25) is 5.91 Å². The summed E-state index contributed by atoms with van der Waals surface area (Å²) < 4.78 is 0. The normalized spacial score (nSPS) is 12.1. The van der Waals surface area contributed by atoms with E-state index in [-0.39, 0.29) is 24.3 Å². The molecule has 0 aliphatic heterocycles. The van der Waals surface area contributed by atoms with Gasteiger partial charge in [0.05, 0.1) is 16.1 Å². The number of hydrogen-bond donors (Lipinski definition) is 2. The van der Waals surface area contributed by atoms with Gasteiger partial charge in [0, 0.05) is 29.4 Å². The number of aromatic amines is 1. The zero-order valence-electron chi connectivity index (χ0n) is 18.9. The molecule has 0 bridgehead atoms. The maximum Gasteiger partial charge on any atom is 0.221 e. The van der Waals surface area contributed by atoms with Crippen LogP contribution in [0, 0.1) is 0 Å². The molecule has 0 saturated heterocycles. The van der Waals surface area contributed by atoms with Crippen LogP contribution in [-0.2, 0) is 4.79 Å². The predicted molar refractivity (Wildman–Crippen MR) is 144 cm³/mol. The van der Waals surface area contributed by atoms with Crippen LogP contribution in [0.15, 0.2) is 109 Å². The van der Waals surface area contributed by atoms with E-state index in [0.717, 1.165) is 33.2 Å². The molecule has 1 amide bonds. The van der Waals surface area contributed by atoms with E-state index in [2.05, 4.69) is 16.4 Å². The van der Waals surface area contributed by atoms with E-state index in [0.29, 0.717) is 10.0 Å². The Morgan fingerprint density at radius 1 is 0.743 bits per heavy atom. The number of hydrogen-bond acceptors (Lipinski definition) is 1. The van der Waals surface area contributed by atoms with E-state index in [9.17, 15) is 4.79 Å². The largest absolute Gasteiger partial charge is 0.361 e. The van der Waals surface area contributed by atoms with Crippen LogP contribution in [0.4, 0.5) is 0 Å². The number of amides is 1. The molecule has 35 heavy (non-hydrogen) atoms. The predicted octanol–water partition coefficient (Wildman–Crippen LogP) is 7.90. The molecular weight excluding hydrogens is 475 g/mol. The van der Waals surface area contributed by atoms with E-state index in [1.54, 1.807) is 6.07 Å². The summed E-state index contributed by atoms with van der Waals surface area (Å²) >= 11 is 12.6. The third-order valence-electron chi connectivity index (χ3n) is 6.30. The van der Waals surface area contributed by atoms with Gasteiger partial charge < -0.3 is 10.3 Å². The fourth-order valence-electron chi connectivity index (χ4n) is 4.57. The summed E-state index contributed by atoms with van der Waals surface area (Å²) in [6, 6.07) is 33.5. The minimum Gasteiger partial charge on any atom is -0.361 e. The van der Waals surface area contributed by atoms with Gasteiger partial charge in [0.15, 0.2) is 0 Å². The van der Waals surface area contributed by atoms with Crippen molar-refractivity contribution in [2.45, 2.75) is 18.4 Å². The van der Waals surface area contributed by atoms with E-state index in [4.69, 9.17) is 23.2 Å². The lowest BCUT2D eigenvalue weighted by molar-refractivity contribution is -0.121. The van der Waals surface area contributed by atoms with Crippen LogP contribution in [0.25, 0.3) is 10.9 Å². The lowest BCUT2D eigenvalue weighted by atomic mass is 9.87. The molecule has 5 rings (SSSR count). The molecule has 3 nitrogen and oxygen atoms in total. The van der Waals surface area contributed by atoms with Crippen molar-refractivity contribution in [1.82, 2.24) is 10.3 Å². The molecule has 174 valence electrons. The van der Waals surface area contributed by atoms with Gasteiger partial charge in [-0.3, -0.25) is 4.79 Å². The quantitative estimate of drug-likeness (QED) is 0.235. The SMILES string of the molecule is O=C(CC(c1ccc(Cl)c(Cl)c1)c1c[nH]c2ccccc12)NC(c1ccccc1)c1ccccc1. The maximum absolute atomic E-state index is 13.6. The molecule has 0 radical (unpaired) electrons. The summed E-state index contributed by atoms with van der Waals surface area (Å²) in [6.45, 7) is 0. The van der Waals surface area contributed by atoms with Gasteiger partial charge in [-0.15, -0.1) is 0 Å². The van der Waals surface area contributed by atoms with Crippen LogP contribution >= 0.6 is 23.2 Å². The second kappa shape index (κ2) is 10.4. The molecule has 0 aliphatic rings. The first-order chi connectivity index (χ1) is 17.1. The number of benzene rings is 4. The highest BCUT2D eigenvalue weighted by Gasteiger charge is 2.24. The van der Waals surface area contributed by atoms with Gasteiger partial charge in [-0.1, -0.05) is 108 Å². The topological polar surface area (TPSA) is 44.9 Å². The Labute approximate surface area is 214 Å². The van der Waals surface area contributed by atoms with Crippen LogP contribution in [0.1, 0.15) is 40.6 Å². The molecule has 4 aromatic carbocycles. The zero-order chi connectivity index (χ0) is 24.2. The van der Waals surface area contributed by atoms with Gasteiger partial charge in [-0.25, -0.2) is 0 Å². The highest BCUT2D eigenvalue weighted by atomic mass is 35.5. The molecule has 1 atom stereocenters. The first-order valence-electron chi connectivity index (χ1n) is 11.5. The number of rotatable bonds is 7. The Hall–Kier alpha value is -3.53. The lowest BCUT2D eigenvalue weighted by Gasteiger charge is -2.23. The van der Waals surface area contributed by atoms with Crippen LogP contribution in [0.2, 0.25) is 10.0 Å². The molecule has 5 aromatic rings. The molecule has 1 aromatic heterocycles. The van der Waals surface area contributed by atoms with Gasteiger partial charge in [-0.05, 0) is 40.5 Å². The summed E-state index contributed by atoms with van der Waals surface area (Å²) in [5.41, 5.74) is 5.08. The third kappa shape index (κ3) is 5.12. The van der Waals surface area contributed by atoms with Crippen LogP contribution in [0.3, 0.4) is 0 Å². The van der Waals surface area contributed by atoms with Crippen LogP contribution in [0.5, 0.6) is 0 Å². The minimum atomic E-state index is -0.248. The average Bonchev–Trinajstić information content (AvgIpc) is 3.32. The smallest absolute Gasteiger partial charge is 0.221 e. The van der Waals surface area contributed by atoms with E-state index >= 15 is 0 Å². The molecule has 2 N–H and O–H groups in total. The summed E-state index contributed by atoms with van der Waals surface area (Å²) in [5, 5.41) is 5.32. The second-order valence-corrected chi connectivity index (χ2v) is 9.36. The summed E-state index contributed by atoms with van der Waals surface area (Å²) in [6.07, 6.45) is 2.24. The summed E-state index contributed by atoms with van der Waals surface area (Å²) in [7, 11) is 0. The molecule has 0 fully saturated rings. The molecule has 5 heteroatoms. The van der Waals surface area contributed by atoms with Crippen molar-refractivity contribution in [1.29, 1.82) is 0 Å². The molecule has 0 saturated carbocycles. The second-order valence-electron chi connectivity index (χ2n) is 8.54. The number of aromatic nitrogens is 1. The highest BCUT2D eigenvalue weighted by Crippen LogP contribution is 2.36. The Bertz CT molecular complexity index is 1410. The summed E-state index contributed by atoms with van der Waals surface area (Å²) in [5.74, 6) is -0.253. The maximum atomic E-state index is 13.6. The van der Waals surface area contributed by atoms with Crippen molar-refractivity contribution in [2.24, 2.45) is 0 Å². The van der Waals surface area contributed by atoms with Crippen LogP contribution < -0.4 is 5.32 Å². The minimum absolute atomic E-state index is 0.0518. The lowest BCUT2D eigenvalue weighted by Crippen LogP contribution is -2.30. The molecule has 1 heterocycles. The monoisotopic (exact) mass is 498 g/mol. The van der Waals surface area contributed by atoms with Crippen molar-refractivity contribution < 1.29 is 4.79 Å². The third-order valence-corrected chi connectivity index (χ3v) is 7.04. The number of nitrogens with one attached hydrogen (secondary N) is 2. The standard InChI is InChI=1S/C30H24Cl2N2O/c31-26-16-15-22(17-27(26)32)24(25-19-33-28-14-8-7-13-23(25)28)18-29(35)34-30(20-9-3-1-4-10-20)21-11-5-2-6-12-21/h1-17,19,24,30,33H,18H2,(H,34,35). The Morgan fingerprint density at radius 3 is 2.03 bits per heavy atom. The highest BCUT2D eigenvalue weighted by molar-refractivity contribution is 6.42. The number of carbonyl (C=O) groups excluding carboxylic acids is 1. The van der Waals surface area contributed by atoms with Crippen molar-refractivity contribution in [2.75, 3.05) is 0 Å². The van der Waals surface area contributed by atoms with Gasteiger partial charge in [0.1, 0.15) is 0 Å². The first-order valence-corrected chi connectivity index (χ1v) is 12.3. The molecule has 1 unspecified atom stereocenters. The van der Waals surface area contributed by atoms with Gasteiger partial charge in [-0.2, -0.15) is 0 Å².